The van der Waals surface area contributed by atoms with E-state index in [1.165, 1.54) is 0 Å². The lowest BCUT2D eigenvalue weighted by Gasteiger charge is -2.15. The molecule has 0 saturated heterocycles. The van der Waals surface area contributed by atoms with E-state index in [1.807, 2.05) is 12.1 Å². The summed E-state index contributed by atoms with van der Waals surface area (Å²) in [7, 11) is 0. The van der Waals surface area contributed by atoms with Crippen LogP contribution in [0.1, 0.15) is 17.0 Å². The second kappa shape index (κ2) is 7.43. The molecule has 28 heavy (non-hydrogen) atoms. The molecule has 1 aromatic carbocycles. The van der Waals surface area contributed by atoms with Crippen LogP contribution >= 0.6 is 0 Å². The molecule has 0 fully saturated rings. The number of nitrogens with zero attached hydrogens (tertiary/aromatic N) is 5. The summed E-state index contributed by atoms with van der Waals surface area (Å²) < 4.78 is 5.57. The van der Waals surface area contributed by atoms with Crippen molar-refractivity contribution >= 4 is 23.3 Å². The Morgan fingerprint density at radius 1 is 1.07 bits per heavy atom. The Labute approximate surface area is 161 Å². The number of aromatic nitrogens is 2. The molecule has 2 N–H and O–H groups in total. The van der Waals surface area contributed by atoms with Gasteiger partial charge in [0.2, 0.25) is 0 Å². The van der Waals surface area contributed by atoms with Crippen molar-refractivity contribution in [3.05, 3.63) is 71.7 Å². The van der Waals surface area contributed by atoms with Gasteiger partial charge in [-0.25, -0.2) is 9.78 Å². The third-order valence-electron chi connectivity index (χ3n) is 4.35. The summed E-state index contributed by atoms with van der Waals surface area (Å²) in [6.07, 6.45) is 1.27. The Kier molecular flexibility index (Phi) is 4.67. The predicted molar refractivity (Wildman–Crippen MR) is 104 cm³/mol. The quantitative estimate of drug-likeness (QED) is 0.688. The van der Waals surface area contributed by atoms with Gasteiger partial charge in [-0.15, -0.1) is 10.2 Å². The molecule has 3 heterocycles. The zero-order chi connectivity index (χ0) is 19.5. The van der Waals surface area contributed by atoms with E-state index in [0.29, 0.717) is 41.7 Å². The van der Waals surface area contributed by atoms with Crippen LogP contribution in [0.15, 0.2) is 65.0 Å². The van der Waals surface area contributed by atoms with Crippen molar-refractivity contribution < 1.29 is 9.53 Å². The number of hydrogen-bond donors (Lipinski definition) is 1. The molecule has 0 spiro atoms. The number of pyridine rings is 2. The highest BCUT2D eigenvalue weighted by Crippen LogP contribution is 2.31. The van der Waals surface area contributed by atoms with Crippen LogP contribution in [-0.4, -0.2) is 21.0 Å². The van der Waals surface area contributed by atoms with Crippen LogP contribution in [0, 0.1) is 6.92 Å². The fraction of sp³-hybridized carbons (Fsp3) is 0.150. The van der Waals surface area contributed by atoms with Crippen molar-refractivity contribution in [3.8, 4) is 5.75 Å². The van der Waals surface area contributed by atoms with Gasteiger partial charge in [0, 0.05) is 6.20 Å². The van der Waals surface area contributed by atoms with Gasteiger partial charge in [-0.05, 0) is 42.8 Å². The first kappa shape index (κ1) is 17.6. The second-order valence-corrected chi connectivity index (χ2v) is 6.34. The maximum absolute atomic E-state index is 12.6. The lowest BCUT2D eigenvalue weighted by molar-refractivity contribution is 0.152. The van der Waals surface area contributed by atoms with Crippen LogP contribution in [0.25, 0.3) is 0 Å². The fourth-order valence-electron chi connectivity index (χ4n) is 2.90. The molecule has 2 aromatic heterocycles. The third-order valence-corrected chi connectivity index (χ3v) is 4.35. The first-order valence-electron chi connectivity index (χ1n) is 8.73. The smallest absolute Gasteiger partial charge is 0.408 e. The number of nitrogens with two attached hydrogens (primary N) is 1. The number of azo groups is 1. The SMILES string of the molecule is Cc1nc(N)ccc1/N=N/c1ccccc1OC(=O)N1Cc2cccnc2C1. The van der Waals surface area contributed by atoms with Gasteiger partial charge >= 0.3 is 6.09 Å². The normalized spacial score (nSPS) is 13.0. The molecule has 1 aliphatic heterocycles. The van der Waals surface area contributed by atoms with Crippen molar-refractivity contribution in [2.75, 3.05) is 5.73 Å². The van der Waals surface area contributed by atoms with Gasteiger partial charge in [-0.3, -0.25) is 9.88 Å². The molecule has 0 aliphatic carbocycles. The summed E-state index contributed by atoms with van der Waals surface area (Å²) in [5, 5.41) is 8.43. The third kappa shape index (κ3) is 3.66. The number of rotatable bonds is 3. The van der Waals surface area contributed by atoms with Crippen LogP contribution in [0.3, 0.4) is 0 Å². The maximum Gasteiger partial charge on any atom is 0.415 e. The minimum atomic E-state index is -0.453. The van der Waals surface area contributed by atoms with Crippen LogP contribution < -0.4 is 10.5 Å². The number of hydrogen-bond acceptors (Lipinski definition) is 7. The highest BCUT2D eigenvalue weighted by atomic mass is 16.6. The van der Waals surface area contributed by atoms with Gasteiger partial charge in [0.25, 0.3) is 0 Å². The zero-order valence-electron chi connectivity index (χ0n) is 15.2. The number of benzene rings is 1. The Balaban J connectivity index is 1.50. The maximum atomic E-state index is 12.6. The van der Waals surface area contributed by atoms with E-state index in [1.54, 1.807) is 54.4 Å². The first-order valence-corrected chi connectivity index (χ1v) is 8.73. The Morgan fingerprint density at radius 3 is 2.71 bits per heavy atom. The number of carbonyl (C=O) groups excluding carboxylic acids is 1. The Bertz CT molecular complexity index is 1040. The molecule has 0 saturated carbocycles. The Hall–Kier alpha value is -3.81. The number of para-hydroxylation sites is 1. The molecule has 140 valence electrons. The highest BCUT2D eigenvalue weighted by Gasteiger charge is 2.26. The molecule has 0 bridgehead atoms. The summed E-state index contributed by atoms with van der Waals surface area (Å²) in [5.41, 5.74) is 9.28. The van der Waals surface area contributed by atoms with Gasteiger partial charge in [0.1, 0.15) is 17.2 Å². The average molecular weight is 374 g/mol. The van der Waals surface area contributed by atoms with Crippen molar-refractivity contribution in [1.82, 2.24) is 14.9 Å². The highest BCUT2D eigenvalue weighted by molar-refractivity contribution is 5.73. The van der Waals surface area contributed by atoms with Crippen LogP contribution in [0.5, 0.6) is 5.75 Å². The Morgan fingerprint density at radius 2 is 1.89 bits per heavy atom. The number of fused-ring (bicyclic) bond motifs is 1. The molecule has 3 aromatic rings. The van der Waals surface area contributed by atoms with Gasteiger partial charge < -0.3 is 10.5 Å². The van der Waals surface area contributed by atoms with Crippen molar-refractivity contribution in [3.63, 3.8) is 0 Å². The number of carbonyl (C=O) groups is 1. The number of nitrogen functional groups attached to an aromatic ring is 1. The minimum Gasteiger partial charge on any atom is -0.408 e. The van der Waals surface area contributed by atoms with E-state index >= 15 is 0 Å². The summed E-state index contributed by atoms with van der Waals surface area (Å²) in [6.45, 7) is 2.70. The number of amides is 1. The number of aryl methyl sites for hydroxylation is 1. The lowest BCUT2D eigenvalue weighted by Crippen LogP contribution is -2.28. The summed E-state index contributed by atoms with van der Waals surface area (Å²) in [5.74, 6) is 0.758. The van der Waals surface area contributed by atoms with Crippen LogP contribution in [0.2, 0.25) is 0 Å². The molecule has 4 rings (SSSR count). The largest absolute Gasteiger partial charge is 0.415 e. The van der Waals surface area contributed by atoms with E-state index in [-0.39, 0.29) is 0 Å². The molecule has 0 unspecified atom stereocenters. The van der Waals surface area contributed by atoms with E-state index in [9.17, 15) is 4.79 Å². The molecule has 1 amide bonds. The molecule has 8 nitrogen and oxygen atoms in total. The van der Waals surface area contributed by atoms with Gasteiger partial charge in [0.05, 0.1) is 24.5 Å². The monoisotopic (exact) mass is 374 g/mol. The van der Waals surface area contributed by atoms with E-state index < -0.39 is 6.09 Å². The first-order chi connectivity index (χ1) is 13.6. The van der Waals surface area contributed by atoms with Crippen molar-refractivity contribution in [2.24, 2.45) is 10.2 Å². The molecule has 1 aliphatic rings. The van der Waals surface area contributed by atoms with Gasteiger partial charge in [-0.2, -0.15) is 0 Å². The fourth-order valence-corrected chi connectivity index (χ4v) is 2.90. The molecule has 0 atom stereocenters. The molecular formula is C20H18N6O2. The average Bonchev–Trinajstić information content (AvgIpc) is 3.13. The van der Waals surface area contributed by atoms with Crippen LogP contribution in [0.4, 0.5) is 22.0 Å². The topological polar surface area (TPSA) is 106 Å². The molecular weight excluding hydrogens is 356 g/mol. The predicted octanol–water partition coefficient (Wildman–Crippen LogP) is 4.30. The van der Waals surface area contributed by atoms with E-state index in [0.717, 1.165) is 11.3 Å². The molecule has 0 radical (unpaired) electrons. The standard InChI is InChI=1S/C20H18N6O2/c1-13-15(8-9-19(21)23-13)24-25-16-6-2-3-7-18(16)28-20(27)26-11-14-5-4-10-22-17(14)12-26/h2-10H,11-12H2,1H3,(H2,21,23)/b25-24+. The lowest BCUT2D eigenvalue weighted by atomic mass is 10.2. The zero-order valence-corrected chi connectivity index (χ0v) is 15.2. The van der Waals surface area contributed by atoms with Gasteiger partial charge in [0.15, 0.2) is 5.75 Å². The van der Waals surface area contributed by atoms with Crippen molar-refractivity contribution in [1.29, 1.82) is 0 Å². The van der Waals surface area contributed by atoms with Crippen LogP contribution in [-0.2, 0) is 13.1 Å². The molecule has 8 heteroatoms. The summed E-state index contributed by atoms with van der Waals surface area (Å²) in [4.78, 5) is 22.6. The number of ether oxygens (including phenoxy) is 1. The summed E-state index contributed by atoms with van der Waals surface area (Å²) >= 11 is 0. The van der Waals surface area contributed by atoms with Gasteiger partial charge in [-0.1, -0.05) is 18.2 Å². The minimum absolute atomic E-state index is 0.334. The van der Waals surface area contributed by atoms with Crippen molar-refractivity contribution in [2.45, 2.75) is 20.0 Å². The number of anilines is 1. The van der Waals surface area contributed by atoms with E-state index in [4.69, 9.17) is 10.5 Å². The second-order valence-electron chi connectivity index (χ2n) is 6.34. The van der Waals surface area contributed by atoms with E-state index in [2.05, 4.69) is 20.2 Å². The summed E-state index contributed by atoms with van der Waals surface area (Å²) in [6, 6.07) is 14.2.